The molecule has 2 fully saturated rings. The van der Waals surface area contributed by atoms with Gasteiger partial charge in [0.25, 0.3) is 0 Å². The van der Waals surface area contributed by atoms with Gasteiger partial charge in [0.05, 0.1) is 6.10 Å². The number of amides is 1. The number of nitrogens with zero attached hydrogens (tertiary/aromatic N) is 4. The number of para-hydroxylation sites is 1. The highest BCUT2D eigenvalue weighted by Gasteiger charge is 2.24. The normalized spacial score (nSPS) is 20.4. The lowest BCUT2D eigenvalue weighted by Crippen LogP contribution is -2.49. The number of piperazine rings is 1. The van der Waals surface area contributed by atoms with Gasteiger partial charge in [-0.25, -0.2) is 4.99 Å². The molecule has 2 saturated heterocycles. The molecule has 1 aromatic carbocycles. The molecule has 3 rings (SSSR count). The second-order valence-electron chi connectivity index (χ2n) is 6.76. The molecule has 2 aliphatic rings. The van der Waals surface area contributed by atoms with Crippen LogP contribution >= 0.6 is 24.0 Å². The molecule has 27 heavy (non-hydrogen) atoms. The summed E-state index contributed by atoms with van der Waals surface area (Å²) in [5, 5.41) is 12.9. The van der Waals surface area contributed by atoms with E-state index in [1.807, 2.05) is 34.9 Å². The van der Waals surface area contributed by atoms with Gasteiger partial charge in [-0.3, -0.25) is 4.79 Å². The third-order valence-electron chi connectivity index (χ3n) is 4.92. The lowest BCUT2D eigenvalue weighted by atomic mass is 10.2. The van der Waals surface area contributed by atoms with Crippen molar-refractivity contribution in [2.24, 2.45) is 4.99 Å². The Hall–Kier alpha value is -1.55. The van der Waals surface area contributed by atoms with E-state index in [1.165, 1.54) is 5.69 Å². The number of likely N-dealkylation sites (tertiary alicyclic amines) is 1. The molecule has 7 nitrogen and oxygen atoms in total. The Kier molecular flexibility index (Phi) is 8.62. The minimum atomic E-state index is -0.305. The molecule has 0 bridgehead atoms. The number of rotatable bonds is 4. The summed E-state index contributed by atoms with van der Waals surface area (Å²) in [6.07, 6.45) is 0.445. The maximum atomic E-state index is 12.5. The minimum Gasteiger partial charge on any atom is -0.391 e. The fourth-order valence-electron chi connectivity index (χ4n) is 3.46. The summed E-state index contributed by atoms with van der Waals surface area (Å²) < 4.78 is 0. The maximum Gasteiger partial charge on any atom is 0.244 e. The van der Waals surface area contributed by atoms with E-state index in [-0.39, 0.29) is 42.5 Å². The van der Waals surface area contributed by atoms with E-state index in [0.717, 1.165) is 51.6 Å². The van der Waals surface area contributed by atoms with Crippen LogP contribution in [0.15, 0.2) is 35.3 Å². The number of β-amino-alcohol motifs (C(OH)–C–C–N with tert-alkyl or cyclic N) is 1. The lowest BCUT2D eigenvalue weighted by molar-refractivity contribution is -0.129. The third-order valence-corrected chi connectivity index (χ3v) is 4.92. The van der Waals surface area contributed by atoms with Crippen LogP contribution in [0.2, 0.25) is 0 Å². The summed E-state index contributed by atoms with van der Waals surface area (Å²) in [6, 6.07) is 10.3. The molecule has 1 aromatic rings. The highest BCUT2D eigenvalue weighted by Crippen LogP contribution is 2.15. The Morgan fingerprint density at radius 1 is 1.15 bits per heavy atom. The fraction of sp³-hybridized carbons (Fsp3) is 0.579. The Bertz CT molecular complexity index is 620. The van der Waals surface area contributed by atoms with Gasteiger partial charge in [-0.1, -0.05) is 18.2 Å². The van der Waals surface area contributed by atoms with Gasteiger partial charge in [-0.2, -0.15) is 0 Å². The second kappa shape index (κ2) is 10.7. The molecular formula is C19H30IN5O2. The molecule has 8 heteroatoms. The molecule has 150 valence electrons. The SMILES string of the molecule is CCNC(=NCC(=O)N1CCN(c2ccccc2)CC1)N1CC[C@@H](O)C1.I. The van der Waals surface area contributed by atoms with Gasteiger partial charge in [-0.05, 0) is 25.5 Å². The standard InChI is InChI=1S/C19H29N5O2.HI/c1-2-20-19(24-9-8-17(25)15-24)21-14-18(26)23-12-10-22(11-13-23)16-6-4-3-5-7-16;/h3-7,17,25H,2,8-15H2,1H3,(H,20,21);1H/t17-;/m1./s1. The summed E-state index contributed by atoms with van der Waals surface area (Å²) in [5.74, 6) is 0.785. The van der Waals surface area contributed by atoms with E-state index in [2.05, 4.69) is 27.3 Å². The van der Waals surface area contributed by atoms with Crippen LogP contribution in [0.4, 0.5) is 5.69 Å². The Balaban J connectivity index is 0.00000261. The van der Waals surface area contributed by atoms with Crippen LogP contribution in [-0.2, 0) is 4.79 Å². The number of carbonyl (C=O) groups excluding carboxylic acids is 1. The predicted molar refractivity (Wildman–Crippen MR) is 119 cm³/mol. The van der Waals surface area contributed by atoms with Crippen LogP contribution in [0, 0.1) is 0 Å². The molecule has 0 saturated carbocycles. The summed E-state index contributed by atoms with van der Waals surface area (Å²) in [5.41, 5.74) is 1.21. The summed E-state index contributed by atoms with van der Waals surface area (Å²) in [6.45, 7) is 7.40. The molecular weight excluding hydrogens is 457 g/mol. The van der Waals surface area contributed by atoms with Gasteiger partial charge >= 0.3 is 0 Å². The number of hydrogen-bond donors (Lipinski definition) is 2. The quantitative estimate of drug-likeness (QED) is 0.377. The van der Waals surface area contributed by atoms with Gasteiger partial charge in [-0.15, -0.1) is 24.0 Å². The maximum absolute atomic E-state index is 12.5. The first-order valence-corrected chi connectivity index (χ1v) is 9.46. The number of aliphatic hydroxyl groups excluding tert-OH is 1. The van der Waals surface area contributed by atoms with E-state index in [9.17, 15) is 9.90 Å². The molecule has 2 aliphatic heterocycles. The van der Waals surface area contributed by atoms with Crippen LogP contribution in [0.3, 0.4) is 0 Å². The number of hydrogen-bond acceptors (Lipinski definition) is 4. The molecule has 0 aliphatic carbocycles. The van der Waals surface area contributed by atoms with Crippen LogP contribution in [0.1, 0.15) is 13.3 Å². The van der Waals surface area contributed by atoms with Crippen LogP contribution < -0.4 is 10.2 Å². The number of benzene rings is 1. The zero-order valence-corrected chi connectivity index (χ0v) is 18.2. The predicted octanol–water partition coefficient (Wildman–Crippen LogP) is 0.985. The van der Waals surface area contributed by atoms with E-state index in [4.69, 9.17) is 0 Å². The number of carbonyl (C=O) groups is 1. The molecule has 1 amide bonds. The number of nitrogens with one attached hydrogen (secondary N) is 1. The smallest absolute Gasteiger partial charge is 0.244 e. The van der Waals surface area contributed by atoms with Crippen LogP contribution in [0.25, 0.3) is 0 Å². The van der Waals surface area contributed by atoms with Crippen molar-refractivity contribution in [3.05, 3.63) is 30.3 Å². The Morgan fingerprint density at radius 3 is 2.44 bits per heavy atom. The van der Waals surface area contributed by atoms with Gasteiger partial charge in [0, 0.05) is 51.5 Å². The Morgan fingerprint density at radius 2 is 1.85 bits per heavy atom. The van der Waals surface area contributed by atoms with E-state index in [1.54, 1.807) is 0 Å². The molecule has 2 heterocycles. The van der Waals surface area contributed by atoms with Gasteiger partial charge in [0.2, 0.25) is 5.91 Å². The largest absolute Gasteiger partial charge is 0.391 e. The highest BCUT2D eigenvalue weighted by atomic mass is 127. The first-order valence-electron chi connectivity index (χ1n) is 9.46. The van der Waals surface area contributed by atoms with Gasteiger partial charge in [0.1, 0.15) is 6.54 Å². The van der Waals surface area contributed by atoms with Crippen molar-refractivity contribution in [2.75, 3.05) is 57.3 Å². The number of anilines is 1. The average Bonchev–Trinajstić information content (AvgIpc) is 3.12. The minimum absolute atomic E-state index is 0. The third kappa shape index (κ3) is 5.97. The average molecular weight is 487 g/mol. The fourth-order valence-corrected chi connectivity index (χ4v) is 3.46. The van der Waals surface area contributed by atoms with E-state index >= 15 is 0 Å². The van der Waals surface area contributed by atoms with Gasteiger partial charge < -0.3 is 25.1 Å². The summed E-state index contributed by atoms with van der Waals surface area (Å²) in [7, 11) is 0. The van der Waals surface area contributed by atoms with Crippen molar-refractivity contribution < 1.29 is 9.90 Å². The topological polar surface area (TPSA) is 71.4 Å². The van der Waals surface area contributed by atoms with Crippen molar-refractivity contribution in [3.63, 3.8) is 0 Å². The first kappa shape index (κ1) is 21.7. The summed E-state index contributed by atoms with van der Waals surface area (Å²) in [4.78, 5) is 23.3. The van der Waals surface area contributed by atoms with E-state index in [0.29, 0.717) is 6.54 Å². The van der Waals surface area contributed by atoms with Crippen molar-refractivity contribution in [1.29, 1.82) is 0 Å². The van der Waals surface area contributed by atoms with Crippen molar-refractivity contribution in [2.45, 2.75) is 19.4 Å². The molecule has 0 aromatic heterocycles. The molecule has 0 radical (unpaired) electrons. The van der Waals surface area contributed by atoms with Crippen molar-refractivity contribution >= 4 is 41.5 Å². The monoisotopic (exact) mass is 487 g/mol. The highest BCUT2D eigenvalue weighted by molar-refractivity contribution is 14.0. The number of halogens is 1. The first-order chi connectivity index (χ1) is 12.7. The number of aliphatic hydroxyl groups is 1. The molecule has 0 unspecified atom stereocenters. The second-order valence-corrected chi connectivity index (χ2v) is 6.76. The Labute approximate surface area is 178 Å². The molecule has 0 spiro atoms. The van der Waals surface area contributed by atoms with Crippen molar-refractivity contribution in [1.82, 2.24) is 15.1 Å². The van der Waals surface area contributed by atoms with Crippen LogP contribution in [-0.4, -0.2) is 85.2 Å². The van der Waals surface area contributed by atoms with Crippen LogP contribution in [0.5, 0.6) is 0 Å². The molecule has 2 N–H and O–H groups in total. The van der Waals surface area contributed by atoms with E-state index < -0.39 is 0 Å². The van der Waals surface area contributed by atoms with Crippen molar-refractivity contribution in [3.8, 4) is 0 Å². The number of guanidine groups is 1. The van der Waals surface area contributed by atoms with Gasteiger partial charge in [0.15, 0.2) is 5.96 Å². The molecule has 1 atom stereocenters. The summed E-state index contributed by atoms with van der Waals surface area (Å²) >= 11 is 0. The number of aliphatic imine (C=N–C) groups is 1. The lowest BCUT2D eigenvalue weighted by Gasteiger charge is -2.36. The zero-order valence-electron chi connectivity index (χ0n) is 15.9. The zero-order chi connectivity index (χ0) is 18.4.